The highest BCUT2D eigenvalue weighted by Crippen LogP contribution is 2.33. The number of benzene rings is 1. The summed E-state index contributed by atoms with van der Waals surface area (Å²) in [5.74, 6) is 0.762. The Morgan fingerprint density at radius 2 is 1.68 bits per heavy atom. The molecule has 1 aromatic carbocycles. The van der Waals surface area contributed by atoms with Crippen LogP contribution in [0.15, 0.2) is 30.6 Å². The molecule has 2 aliphatic heterocycles. The molecule has 2 aromatic rings. The molecule has 2 aliphatic rings. The van der Waals surface area contributed by atoms with E-state index in [1.165, 1.54) is 5.69 Å². The fourth-order valence-electron chi connectivity index (χ4n) is 3.31. The lowest BCUT2D eigenvalue weighted by molar-refractivity contribution is 0.122. The number of ether oxygens (including phenoxy) is 1. The molecule has 0 aliphatic carbocycles. The van der Waals surface area contributed by atoms with Crippen LogP contribution in [0.2, 0.25) is 5.02 Å². The molecular formula is C18H22ClN5O. The number of hydrogen-bond acceptors (Lipinski definition) is 6. The summed E-state index contributed by atoms with van der Waals surface area (Å²) in [5.41, 5.74) is 3.27. The molecule has 4 rings (SSSR count). The molecule has 0 spiro atoms. The molecule has 132 valence electrons. The fourth-order valence-corrected chi connectivity index (χ4v) is 3.48. The van der Waals surface area contributed by atoms with Gasteiger partial charge >= 0.3 is 0 Å². The zero-order valence-corrected chi connectivity index (χ0v) is 14.9. The molecule has 0 saturated carbocycles. The Kier molecular flexibility index (Phi) is 5.01. The van der Waals surface area contributed by atoms with Crippen molar-refractivity contribution >= 4 is 23.2 Å². The highest BCUT2D eigenvalue weighted by atomic mass is 35.5. The Balaban J connectivity index is 1.63. The average molecular weight is 360 g/mol. The predicted octanol–water partition coefficient (Wildman–Crippen LogP) is 2.04. The Morgan fingerprint density at radius 1 is 0.960 bits per heavy atom. The zero-order valence-electron chi connectivity index (χ0n) is 14.1. The van der Waals surface area contributed by atoms with Crippen LogP contribution in [0.1, 0.15) is 0 Å². The summed E-state index contributed by atoms with van der Waals surface area (Å²) in [6.45, 7) is 7.09. The Morgan fingerprint density at radius 3 is 2.40 bits per heavy atom. The van der Waals surface area contributed by atoms with Gasteiger partial charge in [0.1, 0.15) is 0 Å². The number of nitrogens with zero attached hydrogens (tertiary/aromatic N) is 4. The first kappa shape index (κ1) is 16.6. The molecule has 2 saturated heterocycles. The van der Waals surface area contributed by atoms with Crippen LogP contribution in [0.4, 0.5) is 11.6 Å². The van der Waals surface area contributed by atoms with Crippen molar-refractivity contribution in [3.63, 3.8) is 0 Å². The van der Waals surface area contributed by atoms with E-state index in [4.69, 9.17) is 16.3 Å². The average Bonchev–Trinajstić information content (AvgIpc) is 2.69. The van der Waals surface area contributed by atoms with Crippen LogP contribution in [-0.4, -0.2) is 62.5 Å². The number of morpholine rings is 1. The predicted molar refractivity (Wildman–Crippen MR) is 101 cm³/mol. The van der Waals surface area contributed by atoms with Gasteiger partial charge in [-0.25, -0.2) is 9.97 Å². The van der Waals surface area contributed by atoms with Gasteiger partial charge in [0, 0.05) is 73.5 Å². The summed E-state index contributed by atoms with van der Waals surface area (Å²) in [4.78, 5) is 13.7. The first-order chi connectivity index (χ1) is 12.3. The number of halogens is 1. The largest absolute Gasteiger partial charge is 0.378 e. The maximum atomic E-state index is 6.26. The van der Waals surface area contributed by atoms with Crippen LogP contribution in [0, 0.1) is 0 Å². The van der Waals surface area contributed by atoms with Crippen molar-refractivity contribution in [2.45, 2.75) is 0 Å². The lowest BCUT2D eigenvalue weighted by Gasteiger charge is -2.31. The highest BCUT2D eigenvalue weighted by molar-refractivity contribution is 6.31. The molecule has 2 fully saturated rings. The second-order valence-corrected chi connectivity index (χ2v) is 6.71. The molecule has 1 N–H and O–H groups in total. The lowest BCUT2D eigenvalue weighted by Crippen LogP contribution is -2.43. The number of anilines is 2. The van der Waals surface area contributed by atoms with Gasteiger partial charge in [0.25, 0.3) is 0 Å². The van der Waals surface area contributed by atoms with Crippen molar-refractivity contribution in [3.05, 3.63) is 35.6 Å². The van der Waals surface area contributed by atoms with E-state index < -0.39 is 0 Å². The first-order valence-corrected chi connectivity index (χ1v) is 9.09. The van der Waals surface area contributed by atoms with Crippen molar-refractivity contribution in [1.82, 2.24) is 15.3 Å². The zero-order chi connectivity index (χ0) is 17.1. The summed E-state index contributed by atoms with van der Waals surface area (Å²) < 4.78 is 5.39. The van der Waals surface area contributed by atoms with E-state index >= 15 is 0 Å². The normalized spacial score (nSPS) is 18.4. The monoisotopic (exact) mass is 359 g/mol. The molecule has 1 aromatic heterocycles. The summed E-state index contributed by atoms with van der Waals surface area (Å²) in [6.07, 6.45) is 3.80. The van der Waals surface area contributed by atoms with E-state index in [1.54, 1.807) is 0 Å². The summed E-state index contributed by atoms with van der Waals surface area (Å²) in [5, 5.41) is 4.12. The minimum absolute atomic E-state index is 0.728. The van der Waals surface area contributed by atoms with E-state index in [9.17, 15) is 0 Å². The SMILES string of the molecule is Clc1ccc(N2CCNCC2)c(-c2cnc(N3CCOCC3)nc2)c1. The fraction of sp³-hybridized carbons (Fsp3) is 0.444. The maximum Gasteiger partial charge on any atom is 0.225 e. The van der Waals surface area contributed by atoms with Crippen LogP contribution in [0.5, 0.6) is 0 Å². The van der Waals surface area contributed by atoms with Gasteiger partial charge in [0.15, 0.2) is 0 Å². The molecular weight excluding hydrogens is 338 g/mol. The minimum atomic E-state index is 0.728. The summed E-state index contributed by atoms with van der Waals surface area (Å²) in [6, 6.07) is 6.05. The van der Waals surface area contributed by atoms with Gasteiger partial charge in [-0.1, -0.05) is 11.6 Å². The van der Waals surface area contributed by atoms with E-state index in [-0.39, 0.29) is 0 Å². The smallest absolute Gasteiger partial charge is 0.225 e. The van der Waals surface area contributed by atoms with Gasteiger partial charge < -0.3 is 19.9 Å². The molecule has 0 bridgehead atoms. The molecule has 7 heteroatoms. The number of piperazine rings is 1. The van der Waals surface area contributed by atoms with Crippen LogP contribution < -0.4 is 15.1 Å². The van der Waals surface area contributed by atoms with Crippen molar-refractivity contribution in [2.24, 2.45) is 0 Å². The quantitative estimate of drug-likeness (QED) is 0.905. The molecule has 3 heterocycles. The molecule has 6 nitrogen and oxygen atoms in total. The second-order valence-electron chi connectivity index (χ2n) is 6.27. The summed E-state index contributed by atoms with van der Waals surface area (Å²) in [7, 11) is 0. The van der Waals surface area contributed by atoms with E-state index in [0.717, 1.165) is 74.6 Å². The number of aromatic nitrogens is 2. The maximum absolute atomic E-state index is 6.26. The number of nitrogens with one attached hydrogen (secondary N) is 1. The van der Waals surface area contributed by atoms with Crippen LogP contribution in [0.3, 0.4) is 0 Å². The topological polar surface area (TPSA) is 53.5 Å². The third-order valence-electron chi connectivity index (χ3n) is 4.66. The first-order valence-electron chi connectivity index (χ1n) is 8.71. The van der Waals surface area contributed by atoms with Crippen molar-refractivity contribution < 1.29 is 4.74 Å². The van der Waals surface area contributed by atoms with E-state index in [0.29, 0.717) is 0 Å². The molecule has 0 unspecified atom stereocenters. The Bertz CT molecular complexity index is 712. The van der Waals surface area contributed by atoms with Crippen LogP contribution >= 0.6 is 11.6 Å². The lowest BCUT2D eigenvalue weighted by atomic mass is 10.1. The van der Waals surface area contributed by atoms with Crippen LogP contribution in [-0.2, 0) is 4.74 Å². The van der Waals surface area contributed by atoms with E-state index in [2.05, 4.69) is 31.2 Å². The van der Waals surface area contributed by atoms with Crippen molar-refractivity contribution in [1.29, 1.82) is 0 Å². The number of rotatable bonds is 3. The molecule has 25 heavy (non-hydrogen) atoms. The van der Waals surface area contributed by atoms with Gasteiger partial charge in [-0.05, 0) is 18.2 Å². The van der Waals surface area contributed by atoms with Crippen molar-refractivity contribution in [2.75, 3.05) is 62.3 Å². The Labute approximate surface area is 152 Å². The van der Waals surface area contributed by atoms with Gasteiger partial charge in [0.05, 0.1) is 13.2 Å². The van der Waals surface area contributed by atoms with Gasteiger partial charge in [-0.2, -0.15) is 0 Å². The third-order valence-corrected chi connectivity index (χ3v) is 4.89. The second kappa shape index (κ2) is 7.56. The molecule has 0 amide bonds. The number of hydrogen-bond donors (Lipinski definition) is 1. The van der Waals surface area contributed by atoms with Gasteiger partial charge in [-0.3, -0.25) is 0 Å². The van der Waals surface area contributed by atoms with Gasteiger partial charge in [-0.15, -0.1) is 0 Å². The Hall–Kier alpha value is -1.89. The van der Waals surface area contributed by atoms with Crippen LogP contribution in [0.25, 0.3) is 11.1 Å². The molecule has 0 atom stereocenters. The third kappa shape index (κ3) is 3.71. The van der Waals surface area contributed by atoms with Gasteiger partial charge in [0.2, 0.25) is 5.95 Å². The summed E-state index contributed by atoms with van der Waals surface area (Å²) >= 11 is 6.26. The highest BCUT2D eigenvalue weighted by Gasteiger charge is 2.17. The molecule has 0 radical (unpaired) electrons. The standard InChI is InChI=1S/C18H22ClN5O/c19-15-1-2-17(23-5-3-20-4-6-23)16(11-15)14-12-21-18(22-13-14)24-7-9-25-10-8-24/h1-2,11-13,20H,3-10H2. The minimum Gasteiger partial charge on any atom is -0.378 e. The van der Waals surface area contributed by atoms with Crippen molar-refractivity contribution in [3.8, 4) is 11.1 Å². The van der Waals surface area contributed by atoms with E-state index in [1.807, 2.05) is 24.5 Å².